The maximum Gasteiger partial charge on any atom is 0.364 e. The van der Waals surface area contributed by atoms with Gasteiger partial charge in [0.1, 0.15) is 12.2 Å². The van der Waals surface area contributed by atoms with E-state index in [2.05, 4.69) is 10.6 Å². The van der Waals surface area contributed by atoms with E-state index in [1.165, 1.54) is 6.92 Å². The highest BCUT2D eigenvalue weighted by molar-refractivity contribution is 5.94. The summed E-state index contributed by atoms with van der Waals surface area (Å²) in [6.07, 6.45) is -6.99. The van der Waals surface area contributed by atoms with E-state index in [-0.39, 0.29) is 0 Å². The lowest BCUT2D eigenvalue weighted by atomic mass is 9.88. The zero-order chi connectivity index (χ0) is 26.5. The summed E-state index contributed by atoms with van der Waals surface area (Å²) in [5.41, 5.74) is 2.22. The van der Waals surface area contributed by atoms with Gasteiger partial charge in [0.2, 0.25) is 5.91 Å². The van der Waals surface area contributed by atoms with Crippen molar-refractivity contribution < 1.29 is 44.3 Å². The minimum Gasteiger partial charge on any atom is -0.477 e. The monoisotopic (exact) mass is 502 g/mol. The first kappa shape index (κ1) is 27.2. The minimum atomic E-state index is -2.30. The molecule has 1 heterocycles. The van der Waals surface area contributed by atoms with Crippen LogP contribution in [0.2, 0.25) is 0 Å². The Balaban J connectivity index is 1.68. The van der Waals surface area contributed by atoms with E-state index in [9.17, 15) is 34.8 Å². The molecule has 1 aliphatic heterocycles. The molecule has 6 N–H and O–H groups in total. The third-order valence-corrected chi connectivity index (χ3v) is 6.06. The van der Waals surface area contributed by atoms with E-state index >= 15 is 0 Å². The molecule has 1 aliphatic rings. The number of aliphatic hydroxyl groups excluding tert-OH is 3. The molecule has 1 fully saturated rings. The molecule has 36 heavy (non-hydrogen) atoms. The molecular formula is C25H30N2O9. The molecular weight excluding hydrogens is 472 g/mol. The first-order chi connectivity index (χ1) is 17.1. The molecule has 6 atom stereocenters. The molecule has 2 amide bonds. The Hall–Kier alpha value is -3.35. The van der Waals surface area contributed by atoms with Crippen LogP contribution in [0, 0.1) is 0 Å². The van der Waals surface area contributed by atoms with E-state index in [1.54, 1.807) is 24.3 Å². The summed E-state index contributed by atoms with van der Waals surface area (Å²) in [6, 6.07) is 15.1. The zero-order valence-corrected chi connectivity index (χ0v) is 19.8. The molecule has 11 heteroatoms. The van der Waals surface area contributed by atoms with Crippen LogP contribution in [0.15, 0.2) is 54.6 Å². The second-order valence-corrected chi connectivity index (χ2v) is 8.55. The first-order valence-electron chi connectivity index (χ1n) is 11.3. The fraction of sp³-hybridized carbons (Fsp3) is 0.400. The average molecular weight is 503 g/mol. The van der Waals surface area contributed by atoms with Crippen LogP contribution in [-0.2, 0) is 19.1 Å². The van der Waals surface area contributed by atoms with Crippen LogP contribution in [0.4, 0.5) is 0 Å². The van der Waals surface area contributed by atoms with Gasteiger partial charge in [-0.15, -0.1) is 0 Å². The highest BCUT2D eigenvalue weighted by Crippen LogP contribution is 2.33. The standard InChI is InChI=1S/C25H30N2O9/c1-14(28)27-20-18(29)12-25(35-2,24(33)34)36-22(20)21(31)19(30)13-26-23(32)17-10-8-16(9-11-17)15-6-4-3-5-7-15/h3-11,18-22,29-31H,12-13H2,1-2H3,(H,26,32)(H,27,28)(H,33,34)/t18-,19+,20+,21+,22+,25?/m0/s1. The number of amides is 2. The Morgan fingerprint density at radius 2 is 1.69 bits per heavy atom. The SMILES string of the molecule is COC1(C(=O)O)C[C@H](O)[C@@H](NC(C)=O)[C@H]([C@H](O)[C@H](O)CNC(=O)c2ccc(-c3ccccc3)cc2)O1. The molecule has 194 valence electrons. The van der Waals surface area contributed by atoms with Crippen LogP contribution in [0.1, 0.15) is 23.7 Å². The van der Waals surface area contributed by atoms with Gasteiger partial charge in [0.05, 0.1) is 18.2 Å². The lowest BCUT2D eigenvalue weighted by Gasteiger charge is -2.46. The predicted molar refractivity (Wildman–Crippen MR) is 127 cm³/mol. The number of ether oxygens (including phenoxy) is 2. The summed E-state index contributed by atoms with van der Waals surface area (Å²) in [4.78, 5) is 35.9. The van der Waals surface area contributed by atoms with E-state index in [0.29, 0.717) is 5.56 Å². The number of hydrogen-bond donors (Lipinski definition) is 6. The van der Waals surface area contributed by atoms with Gasteiger partial charge >= 0.3 is 5.97 Å². The molecule has 11 nitrogen and oxygen atoms in total. The molecule has 2 aromatic carbocycles. The van der Waals surface area contributed by atoms with Crippen LogP contribution < -0.4 is 10.6 Å². The van der Waals surface area contributed by atoms with Gasteiger partial charge in [-0.05, 0) is 23.3 Å². The Morgan fingerprint density at radius 3 is 2.25 bits per heavy atom. The van der Waals surface area contributed by atoms with E-state index < -0.39 is 67.0 Å². The van der Waals surface area contributed by atoms with Crippen LogP contribution in [0.3, 0.4) is 0 Å². The van der Waals surface area contributed by atoms with Gasteiger partial charge in [-0.3, -0.25) is 9.59 Å². The molecule has 0 aliphatic carbocycles. The smallest absolute Gasteiger partial charge is 0.364 e. The van der Waals surface area contributed by atoms with Crippen molar-refractivity contribution in [2.45, 2.75) is 49.6 Å². The summed E-state index contributed by atoms with van der Waals surface area (Å²) in [6.45, 7) is 0.751. The second-order valence-electron chi connectivity index (χ2n) is 8.55. The Morgan fingerprint density at radius 1 is 1.08 bits per heavy atom. The number of carboxylic acid groups (broad SMARTS) is 1. The fourth-order valence-corrected chi connectivity index (χ4v) is 4.10. The number of aliphatic carboxylic acids is 1. The molecule has 0 spiro atoms. The van der Waals surface area contributed by atoms with Crippen LogP contribution >= 0.6 is 0 Å². The van der Waals surface area contributed by atoms with E-state index in [4.69, 9.17) is 9.47 Å². The molecule has 0 bridgehead atoms. The van der Waals surface area contributed by atoms with Gasteiger partial charge < -0.3 is 40.5 Å². The van der Waals surface area contributed by atoms with Crippen molar-refractivity contribution in [3.05, 3.63) is 60.2 Å². The van der Waals surface area contributed by atoms with Crippen molar-refractivity contribution in [3.63, 3.8) is 0 Å². The molecule has 0 aromatic heterocycles. The maximum atomic E-state index is 12.6. The van der Waals surface area contributed by atoms with Crippen LogP contribution in [-0.4, -0.2) is 88.1 Å². The second kappa shape index (κ2) is 11.6. The summed E-state index contributed by atoms with van der Waals surface area (Å²) in [7, 11) is 1.06. The van der Waals surface area contributed by atoms with Gasteiger partial charge in [-0.2, -0.15) is 0 Å². The normalized spacial score (nSPS) is 25.4. The lowest BCUT2D eigenvalue weighted by molar-refractivity contribution is -0.303. The van der Waals surface area contributed by atoms with Crippen molar-refractivity contribution in [1.82, 2.24) is 10.6 Å². The lowest BCUT2D eigenvalue weighted by Crippen LogP contribution is -2.68. The average Bonchev–Trinajstić information content (AvgIpc) is 2.88. The summed E-state index contributed by atoms with van der Waals surface area (Å²) in [5, 5.41) is 46.3. The summed E-state index contributed by atoms with van der Waals surface area (Å²) >= 11 is 0. The number of methoxy groups -OCH3 is 1. The molecule has 2 aromatic rings. The van der Waals surface area contributed by atoms with Gasteiger partial charge in [0.15, 0.2) is 0 Å². The maximum absolute atomic E-state index is 12.6. The van der Waals surface area contributed by atoms with Crippen molar-refractivity contribution in [2.24, 2.45) is 0 Å². The number of carbonyl (C=O) groups excluding carboxylic acids is 2. The van der Waals surface area contributed by atoms with E-state index in [1.807, 2.05) is 30.3 Å². The summed E-state index contributed by atoms with van der Waals surface area (Å²) in [5.74, 6) is -4.93. The minimum absolute atomic E-state index is 0.320. The molecule has 0 radical (unpaired) electrons. The van der Waals surface area contributed by atoms with Gasteiger partial charge in [0.25, 0.3) is 11.7 Å². The van der Waals surface area contributed by atoms with Crippen molar-refractivity contribution in [1.29, 1.82) is 0 Å². The summed E-state index contributed by atoms with van der Waals surface area (Å²) < 4.78 is 10.4. The Labute approximate surface area is 207 Å². The molecule has 3 rings (SSSR count). The third kappa shape index (κ3) is 6.07. The highest BCUT2D eigenvalue weighted by Gasteiger charge is 2.55. The molecule has 1 unspecified atom stereocenters. The molecule has 1 saturated heterocycles. The fourth-order valence-electron chi connectivity index (χ4n) is 4.10. The number of aliphatic hydroxyl groups is 3. The Bertz CT molecular complexity index is 1060. The van der Waals surface area contributed by atoms with Gasteiger partial charge in [0, 0.05) is 32.6 Å². The van der Waals surface area contributed by atoms with Gasteiger partial charge in [-0.1, -0.05) is 42.5 Å². The number of benzene rings is 2. The van der Waals surface area contributed by atoms with Crippen LogP contribution in [0.5, 0.6) is 0 Å². The number of nitrogens with one attached hydrogen (secondary N) is 2. The number of carbonyl (C=O) groups is 3. The van der Waals surface area contributed by atoms with E-state index in [0.717, 1.165) is 18.2 Å². The quantitative estimate of drug-likeness (QED) is 0.273. The van der Waals surface area contributed by atoms with Crippen LogP contribution in [0.25, 0.3) is 11.1 Å². The van der Waals surface area contributed by atoms with Gasteiger partial charge in [-0.25, -0.2) is 4.79 Å². The third-order valence-electron chi connectivity index (χ3n) is 6.06. The van der Waals surface area contributed by atoms with Crippen molar-refractivity contribution in [2.75, 3.05) is 13.7 Å². The number of rotatable bonds is 9. The molecule has 0 saturated carbocycles. The van der Waals surface area contributed by atoms with Crippen molar-refractivity contribution >= 4 is 17.8 Å². The topological polar surface area (TPSA) is 175 Å². The highest BCUT2D eigenvalue weighted by atomic mass is 16.7. The zero-order valence-electron chi connectivity index (χ0n) is 19.8. The number of carboxylic acids is 1. The Kier molecular flexibility index (Phi) is 8.77. The largest absolute Gasteiger partial charge is 0.477 e. The van der Waals surface area contributed by atoms with Crippen molar-refractivity contribution in [3.8, 4) is 11.1 Å². The number of hydrogen-bond acceptors (Lipinski definition) is 8. The first-order valence-corrected chi connectivity index (χ1v) is 11.3. The predicted octanol–water partition coefficient (Wildman–Crippen LogP) is -0.113.